The Kier molecular flexibility index (Phi) is 5.25. The molecule has 0 saturated carbocycles. The second-order valence-corrected chi connectivity index (χ2v) is 7.34. The summed E-state index contributed by atoms with van der Waals surface area (Å²) in [6.07, 6.45) is 2.48. The van der Waals surface area contributed by atoms with Crippen molar-refractivity contribution in [3.05, 3.63) is 82.3 Å². The van der Waals surface area contributed by atoms with Gasteiger partial charge in [0.1, 0.15) is 0 Å². The fraction of sp³-hybridized carbons (Fsp3) is 0.261. The van der Waals surface area contributed by atoms with E-state index in [9.17, 15) is 9.90 Å². The zero-order chi connectivity index (χ0) is 18.6. The normalized spacial score (nSPS) is 11.2. The van der Waals surface area contributed by atoms with Gasteiger partial charge in [0.2, 0.25) is 0 Å². The molecule has 0 radical (unpaired) electrons. The molecule has 0 bridgehead atoms. The van der Waals surface area contributed by atoms with Crippen molar-refractivity contribution in [3.63, 3.8) is 0 Å². The average molecular weight is 345 g/mol. The number of aliphatic hydroxyl groups excluding tert-OH is 1. The smallest absolute Gasteiger partial charge is 0.258 e. The Labute approximate surface area is 153 Å². The molecule has 0 unspecified atom stereocenters. The molecular formula is C23H23NO2. The van der Waals surface area contributed by atoms with E-state index >= 15 is 0 Å². The lowest BCUT2D eigenvalue weighted by Crippen LogP contribution is -2.30. The van der Waals surface area contributed by atoms with Gasteiger partial charge in [-0.3, -0.25) is 4.79 Å². The molecule has 0 amide bonds. The lowest BCUT2D eigenvalue weighted by atomic mass is 9.94. The quantitative estimate of drug-likeness (QED) is 0.734. The lowest BCUT2D eigenvalue weighted by Gasteiger charge is -2.22. The van der Waals surface area contributed by atoms with E-state index in [0.29, 0.717) is 18.4 Å². The van der Waals surface area contributed by atoms with E-state index in [2.05, 4.69) is 24.0 Å². The first kappa shape index (κ1) is 18.0. The lowest BCUT2D eigenvalue weighted by molar-refractivity contribution is 0.140. The maximum Gasteiger partial charge on any atom is 0.258 e. The highest BCUT2D eigenvalue weighted by molar-refractivity contribution is 5.82. The number of hydrogen-bond acceptors (Lipinski definition) is 2. The summed E-state index contributed by atoms with van der Waals surface area (Å²) in [5, 5.41) is 11.0. The van der Waals surface area contributed by atoms with Crippen LogP contribution in [-0.4, -0.2) is 16.3 Å². The summed E-state index contributed by atoms with van der Waals surface area (Å²) >= 11 is 0. The molecule has 132 valence electrons. The van der Waals surface area contributed by atoms with Crippen LogP contribution in [0.1, 0.15) is 25.0 Å². The van der Waals surface area contributed by atoms with E-state index in [1.807, 2.05) is 56.3 Å². The Hall–Kier alpha value is -2.83. The average Bonchev–Trinajstić information content (AvgIpc) is 2.65. The van der Waals surface area contributed by atoms with Crippen molar-refractivity contribution in [2.75, 3.05) is 6.61 Å². The van der Waals surface area contributed by atoms with Gasteiger partial charge in [-0.05, 0) is 29.1 Å². The first-order valence-electron chi connectivity index (χ1n) is 8.75. The standard InChI is InChI=1S/C23H23NO2/c1-23(2,17-25)16-24-14-13-20-12-11-19(15-21(20)22(24)26)10-6-9-18-7-4-3-5-8-18/h3-5,7-8,11-15,25H,9,16-17H2,1-2H3. The van der Waals surface area contributed by atoms with Gasteiger partial charge >= 0.3 is 0 Å². The Morgan fingerprint density at radius 1 is 1.08 bits per heavy atom. The fourth-order valence-corrected chi connectivity index (χ4v) is 2.84. The van der Waals surface area contributed by atoms with Crippen LogP contribution in [0.2, 0.25) is 0 Å². The molecule has 3 heteroatoms. The summed E-state index contributed by atoms with van der Waals surface area (Å²) in [6, 6.07) is 17.8. The molecule has 26 heavy (non-hydrogen) atoms. The minimum absolute atomic E-state index is 0.0302. The molecule has 2 aromatic carbocycles. The highest BCUT2D eigenvalue weighted by atomic mass is 16.3. The van der Waals surface area contributed by atoms with Gasteiger partial charge in [-0.1, -0.05) is 62.1 Å². The van der Waals surface area contributed by atoms with Gasteiger partial charge < -0.3 is 9.67 Å². The first-order valence-corrected chi connectivity index (χ1v) is 8.75. The Morgan fingerprint density at radius 3 is 2.58 bits per heavy atom. The van der Waals surface area contributed by atoms with E-state index in [4.69, 9.17) is 0 Å². The van der Waals surface area contributed by atoms with E-state index in [1.165, 1.54) is 5.56 Å². The summed E-state index contributed by atoms with van der Waals surface area (Å²) in [6.45, 7) is 4.38. The molecule has 3 aromatic rings. The fourth-order valence-electron chi connectivity index (χ4n) is 2.84. The van der Waals surface area contributed by atoms with E-state index in [-0.39, 0.29) is 17.6 Å². The number of rotatable bonds is 4. The van der Waals surface area contributed by atoms with Crippen molar-refractivity contribution in [3.8, 4) is 11.8 Å². The van der Waals surface area contributed by atoms with Crippen molar-refractivity contribution in [2.24, 2.45) is 5.41 Å². The molecule has 0 aliphatic carbocycles. The molecule has 0 aliphatic rings. The third-order valence-corrected chi connectivity index (χ3v) is 4.37. The van der Waals surface area contributed by atoms with Crippen molar-refractivity contribution < 1.29 is 5.11 Å². The van der Waals surface area contributed by atoms with E-state index in [1.54, 1.807) is 10.8 Å². The maximum absolute atomic E-state index is 12.8. The zero-order valence-electron chi connectivity index (χ0n) is 15.2. The number of aromatic nitrogens is 1. The summed E-state index contributed by atoms with van der Waals surface area (Å²) in [5.41, 5.74) is 1.62. The largest absolute Gasteiger partial charge is 0.396 e. The van der Waals surface area contributed by atoms with Gasteiger partial charge in [0.05, 0.1) is 0 Å². The third-order valence-electron chi connectivity index (χ3n) is 4.37. The molecule has 0 saturated heterocycles. The SMILES string of the molecule is CC(C)(CO)Cn1ccc2ccc(C#CCc3ccccc3)cc2c1=O. The van der Waals surface area contributed by atoms with E-state index < -0.39 is 0 Å². The van der Waals surface area contributed by atoms with Crippen LogP contribution >= 0.6 is 0 Å². The summed E-state index contributed by atoms with van der Waals surface area (Å²) in [7, 11) is 0. The van der Waals surface area contributed by atoms with Crippen molar-refractivity contribution in [2.45, 2.75) is 26.8 Å². The molecule has 0 fully saturated rings. The van der Waals surface area contributed by atoms with Gasteiger partial charge in [0, 0.05) is 42.1 Å². The van der Waals surface area contributed by atoms with Crippen molar-refractivity contribution in [1.29, 1.82) is 0 Å². The number of benzene rings is 2. The van der Waals surface area contributed by atoms with Crippen LogP contribution in [0, 0.1) is 17.3 Å². The Bertz CT molecular complexity index is 1020. The molecular weight excluding hydrogens is 322 g/mol. The Balaban J connectivity index is 1.90. The highest BCUT2D eigenvalue weighted by Gasteiger charge is 2.18. The van der Waals surface area contributed by atoms with Crippen LogP contribution in [0.25, 0.3) is 10.8 Å². The molecule has 3 nitrogen and oxygen atoms in total. The first-order chi connectivity index (χ1) is 12.5. The van der Waals surface area contributed by atoms with Gasteiger partial charge in [0.25, 0.3) is 5.56 Å². The van der Waals surface area contributed by atoms with Crippen LogP contribution in [0.3, 0.4) is 0 Å². The Morgan fingerprint density at radius 2 is 1.85 bits per heavy atom. The summed E-state index contributed by atoms with van der Waals surface area (Å²) in [5.74, 6) is 6.33. The van der Waals surface area contributed by atoms with Gasteiger partial charge in [-0.25, -0.2) is 0 Å². The molecule has 1 heterocycles. The van der Waals surface area contributed by atoms with Crippen LogP contribution in [0.5, 0.6) is 0 Å². The molecule has 0 atom stereocenters. The van der Waals surface area contributed by atoms with Crippen LogP contribution < -0.4 is 5.56 Å². The van der Waals surface area contributed by atoms with Crippen LogP contribution in [-0.2, 0) is 13.0 Å². The van der Waals surface area contributed by atoms with Crippen molar-refractivity contribution in [1.82, 2.24) is 4.57 Å². The monoisotopic (exact) mass is 345 g/mol. The maximum atomic E-state index is 12.8. The minimum atomic E-state index is -0.343. The number of hydrogen-bond donors (Lipinski definition) is 1. The summed E-state index contributed by atoms with van der Waals surface area (Å²) in [4.78, 5) is 12.8. The zero-order valence-corrected chi connectivity index (χ0v) is 15.2. The topological polar surface area (TPSA) is 42.2 Å². The molecule has 1 N–H and O–H groups in total. The highest BCUT2D eigenvalue weighted by Crippen LogP contribution is 2.17. The predicted octanol–water partition coefficient (Wildman–Crippen LogP) is 3.61. The molecule has 0 aliphatic heterocycles. The van der Waals surface area contributed by atoms with Gasteiger partial charge in [-0.2, -0.15) is 0 Å². The minimum Gasteiger partial charge on any atom is -0.396 e. The number of nitrogens with zero attached hydrogens (tertiary/aromatic N) is 1. The second-order valence-electron chi connectivity index (χ2n) is 7.34. The number of fused-ring (bicyclic) bond motifs is 1. The molecule has 3 rings (SSSR count). The summed E-state index contributed by atoms with van der Waals surface area (Å²) < 4.78 is 1.67. The predicted molar refractivity (Wildman–Crippen MR) is 106 cm³/mol. The van der Waals surface area contributed by atoms with Gasteiger partial charge in [0.15, 0.2) is 0 Å². The molecule has 0 spiro atoms. The second kappa shape index (κ2) is 7.59. The third kappa shape index (κ3) is 4.22. The van der Waals surface area contributed by atoms with Crippen molar-refractivity contribution >= 4 is 10.8 Å². The van der Waals surface area contributed by atoms with Crippen LogP contribution in [0.4, 0.5) is 0 Å². The van der Waals surface area contributed by atoms with Gasteiger partial charge in [-0.15, -0.1) is 0 Å². The molecule has 1 aromatic heterocycles. The number of pyridine rings is 1. The van der Waals surface area contributed by atoms with Crippen LogP contribution in [0.15, 0.2) is 65.6 Å². The number of aliphatic hydroxyl groups is 1. The van der Waals surface area contributed by atoms with E-state index in [0.717, 1.165) is 10.9 Å².